The Bertz CT molecular complexity index is 799. The molecule has 1 saturated heterocycles. The number of sulfonamides is 1. The first-order valence-corrected chi connectivity index (χ1v) is 9.68. The van der Waals surface area contributed by atoms with Crippen molar-refractivity contribution in [3.05, 3.63) is 48.0 Å². The molecule has 0 bridgehead atoms. The molecule has 0 radical (unpaired) electrons. The molecule has 6 heteroatoms. The summed E-state index contributed by atoms with van der Waals surface area (Å²) in [5.74, 6) is 0. The van der Waals surface area contributed by atoms with Crippen LogP contribution in [-0.4, -0.2) is 34.9 Å². The van der Waals surface area contributed by atoms with Gasteiger partial charge in [-0.3, -0.25) is 0 Å². The van der Waals surface area contributed by atoms with Gasteiger partial charge >= 0.3 is 0 Å². The maximum atomic E-state index is 13.1. The second-order valence-corrected chi connectivity index (χ2v) is 8.35. The SMILES string of the molecule is O=S(=O)(c1ccc2c(c1)CCC2)N1CCCC1Cn1ccnc1. The van der Waals surface area contributed by atoms with E-state index in [1.54, 1.807) is 22.9 Å². The van der Waals surface area contributed by atoms with Gasteiger partial charge in [0, 0.05) is 31.5 Å². The molecule has 1 aliphatic carbocycles. The Morgan fingerprint density at radius 1 is 1.17 bits per heavy atom. The van der Waals surface area contributed by atoms with E-state index in [2.05, 4.69) is 4.98 Å². The van der Waals surface area contributed by atoms with Gasteiger partial charge in [-0.1, -0.05) is 6.07 Å². The van der Waals surface area contributed by atoms with Crippen LogP contribution in [0.15, 0.2) is 41.8 Å². The van der Waals surface area contributed by atoms with E-state index < -0.39 is 10.0 Å². The summed E-state index contributed by atoms with van der Waals surface area (Å²) in [5, 5.41) is 0. The lowest BCUT2D eigenvalue weighted by Gasteiger charge is -2.24. The Balaban J connectivity index is 1.62. The van der Waals surface area contributed by atoms with E-state index >= 15 is 0 Å². The largest absolute Gasteiger partial charge is 0.336 e. The molecule has 1 aromatic carbocycles. The van der Waals surface area contributed by atoms with Crippen molar-refractivity contribution in [2.75, 3.05) is 6.54 Å². The molecule has 0 N–H and O–H groups in total. The van der Waals surface area contributed by atoms with Crippen LogP contribution in [0.5, 0.6) is 0 Å². The first kappa shape index (κ1) is 14.9. The van der Waals surface area contributed by atoms with Gasteiger partial charge in [-0.2, -0.15) is 4.31 Å². The molecule has 1 aromatic heterocycles. The summed E-state index contributed by atoms with van der Waals surface area (Å²) >= 11 is 0. The van der Waals surface area contributed by atoms with E-state index in [0.717, 1.165) is 32.1 Å². The van der Waals surface area contributed by atoms with Gasteiger partial charge in [-0.15, -0.1) is 0 Å². The molecule has 23 heavy (non-hydrogen) atoms. The molecule has 1 fully saturated rings. The normalized spacial score (nSPS) is 21.7. The zero-order chi connectivity index (χ0) is 15.9. The van der Waals surface area contributed by atoms with Crippen LogP contribution in [0.4, 0.5) is 0 Å². The highest BCUT2D eigenvalue weighted by Crippen LogP contribution is 2.30. The maximum Gasteiger partial charge on any atom is 0.243 e. The zero-order valence-corrected chi connectivity index (χ0v) is 13.9. The van der Waals surface area contributed by atoms with Crippen molar-refractivity contribution in [1.29, 1.82) is 0 Å². The van der Waals surface area contributed by atoms with Crippen LogP contribution in [0.25, 0.3) is 0 Å². The monoisotopic (exact) mass is 331 g/mol. The fourth-order valence-electron chi connectivity index (χ4n) is 3.79. The van der Waals surface area contributed by atoms with E-state index in [4.69, 9.17) is 0 Å². The van der Waals surface area contributed by atoms with Crippen LogP contribution in [0, 0.1) is 0 Å². The number of benzene rings is 1. The molecule has 1 aliphatic heterocycles. The van der Waals surface area contributed by atoms with E-state index in [-0.39, 0.29) is 6.04 Å². The third kappa shape index (κ3) is 2.70. The molecule has 4 rings (SSSR count). The minimum atomic E-state index is -3.41. The maximum absolute atomic E-state index is 13.1. The third-order valence-corrected chi connectivity index (χ3v) is 6.93. The first-order chi connectivity index (χ1) is 11.1. The highest BCUT2D eigenvalue weighted by molar-refractivity contribution is 7.89. The molecule has 0 amide bonds. The molecule has 5 nitrogen and oxygen atoms in total. The summed E-state index contributed by atoms with van der Waals surface area (Å²) in [6, 6.07) is 5.69. The van der Waals surface area contributed by atoms with Crippen molar-refractivity contribution in [1.82, 2.24) is 13.9 Å². The topological polar surface area (TPSA) is 55.2 Å². The van der Waals surface area contributed by atoms with Gasteiger partial charge in [0.1, 0.15) is 0 Å². The van der Waals surface area contributed by atoms with Gasteiger partial charge in [-0.05, 0) is 55.4 Å². The highest BCUT2D eigenvalue weighted by atomic mass is 32.2. The molecule has 0 spiro atoms. The lowest BCUT2D eigenvalue weighted by molar-refractivity contribution is 0.352. The molecule has 0 saturated carbocycles. The number of aromatic nitrogens is 2. The number of fused-ring (bicyclic) bond motifs is 1. The lowest BCUT2D eigenvalue weighted by atomic mass is 10.1. The molecular formula is C17H21N3O2S. The number of hydrogen-bond acceptors (Lipinski definition) is 3. The molecule has 1 atom stereocenters. The van der Waals surface area contributed by atoms with Crippen LogP contribution in [0.1, 0.15) is 30.4 Å². The summed E-state index contributed by atoms with van der Waals surface area (Å²) in [4.78, 5) is 4.50. The first-order valence-electron chi connectivity index (χ1n) is 8.24. The summed E-state index contributed by atoms with van der Waals surface area (Å²) in [5.41, 5.74) is 2.51. The Morgan fingerprint density at radius 2 is 2.04 bits per heavy atom. The fraction of sp³-hybridized carbons (Fsp3) is 0.471. The lowest BCUT2D eigenvalue weighted by Crippen LogP contribution is -2.37. The molecule has 2 aromatic rings. The minimum absolute atomic E-state index is 0.0162. The number of rotatable bonds is 4. The van der Waals surface area contributed by atoms with Crippen molar-refractivity contribution >= 4 is 10.0 Å². The third-order valence-electron chi connectivity index (χ3n) is 4.98. The van der Waals surface area contributed by atoms with Crippen molar-refractivity contribution in [3.8, 4) is 0 Å². The quantitative estimate of drug-likeness (QED) is 0.863. The number of nitrogens with zero attached hydrogens (tertiary/aromatic N) is 3. The Labute approximate surface area is 137 Å². The molecule has 1 unspecified atom stereocenters. The Hall–Kier alpha value is -1.66. The second-order valence-electron chi connectivity index (χ2n) is 6.46. The summed E-state index contributed by atoms with van der Waals surface area (Å²) in [6.07, 6.45) is 10.4. The summed E-state index contributed by atoms with van der Waals surface area (Å²) in [6.45, 7) is 1.28. The number of aryl methyl sites for hydroxylation is 2. The standard InChI is InChI=1S/C17H21N3O2S/c21-23(22,17-7-6-14-3-1-4-15(14)11-17)20-9-2-5-16(20)12-19-10-8-18-13-19/h6-8,10-11,13,16H,1-5,9,12H2. The van der Waals surface area contributed by atoms with Gasteiger partial charge in [0.05, 0.1) is 11.2 Å². The van der Waals surface area contributed by atoms with E-state index in [1.165, 1.54) is 11.1 Å². The van der Waals surface area contributed by atoms with E-state index in [9.17, 15) is 8.42 Å². The van der Waals surface area contributed by atoms with Crippen LogP contribution in [-0.2, 0) is 29.4 Å². The van der Waals surface area contributed by atoms with Crippen LogP contribution >= 0.6 is 0 Å². The van der Waals surface area contributed by atoms with Crippen molar-refractivity contribution in [2.24, 2.45) is 0 Å². The Kier molecular flexibility index (Phi) is 3.73. The fourth-order valence-corrected chi connectivity index (χ4v) is 5.53. The van der Waals surface area contributed by atoms with E-state index in [0.29, 0.717) is 18.0 Å². The average molecular weight is 331 g/mol. The smallest absolute Gasteiger partial charge is 0.243 e. The van der Waals surface area contributed by atoms with Gasteiger partial charge in [-0.25, -0.2) is 13.4 Å². The van der Waals surface area contributed by atoms with Crippen molar-refractivity contribution in [2.45, 2.75) is 49.6 Å². The predicted molar refractivity (Wildman–Crippen MR) is 87.6 cm³/mol. The molecule has 122 valence electrons. The number of hydrogen-bond donors (Lipinski definition) is 0. The molecular weight excluding hydrogens is 310 g/mol. The minimum Gasteiger partial charge on any atom is -0.336 e. The Morgan fingerprint density at radius 3 is 2.87 bits per heavy atom. The highest BCUT2D eigenvalue weighted by Gasteiger charge is 2.35. The van der Waals surface area contributed by atoms with Crippen molar-refractivity contribution in [3.63, 3.8) is 0 Å². The zero-order valence-electron chi connectivity index (χ0n) is 13.1. The van der Waals surface area contributed by atoms with Crippen LogP contribution in [0.3, 0.4) is 0 Å². The van der Waals surface area contributed by atoms with Crippen LogP contribution in [0.2, 0.25) is 0 Å². The number of imidazole rings is 1. The summed E-state index contributed by atoms with van der Waals surface area (Å²) in [7, 11) is -3.41. The summed E-state index contributed by atoms with van der Waals surface area (Å²) < 4.78 is 29.8. The molecule has 2 aliphatic rings. The molecule has 2 heterocycles. The van der Waals surface area contributed by atoms with Gasteiger partial charge in [0.2, 0.25) is 10.0 Å². The van der Waals surface area contributed by atoms with Crippen molar-refractivity contribution < 1.29 is 8.42 Å². The average Bonchev–Trinajstić information content (AvgIpc) is 3.28. The predicted octanol–water partition coefficient (Wildman–Crippen LogP) is 2.23. The second kappa shape index (κ2) is 5.76. The van der Waals surface area contributed by atoms with E-state index in [1.807, 2.05) is 22.9 Å². The van der Waals surface area contributed by atoms with Crippen LogP contribution < -0.4 is 0 Å². The van der Waals surface area contributed by atoms with Gasteiger partial charge in [0.25, 0.3) is 0 Å². The van der Waals surface area contributed by atoms with Gasteiger partial charge in [0.15, 0.2) is 0 Å². The van der Waals surface area contributed by atoms with Gasteiger partial charge < -0.3 is 4.57 Å².